The molecule has 0 aromatic heterocycles. The lowest BCUT2D eigenvalue weighted by atomic mass is 10.0. The molecule has 0 radical (unpaired) electrons. The highest BCUT2D eigenvalue weighted by atomic mass is 16.5. The summed E-state index contributed by atoms with van der Waals surface area (Å²) in [5.74, 6) is 0.646. The normalized spacial score (nSPS) is 9.38. The molecule has 0 saturated carbocycles. The van der Waals surface area contributed by atoms with Gasteiger partial charge in [-0.2, -0.15) is 0 Å². The summed E-state index contributed by atoms with van der Waals surface area (Å²) >= 11 is 0. The molecule has 0 heterocycles. The van der Waals surface area contributed by atoms with Crippen molar-refractivity contribution < 1.29 is 9.53 Å². The monoisotopic (exact) mass is 176 g/mol. The van der Waals surface area contributed by atoms with Crippen molar-refractivity contribution in [3.8, 4) is 5.75 Å². The lowest BCUT2D eigenvalue weighted by molar-refractivity contribution is -0.111. The van der Waals surface area contributed by atoms with Gasteiger partial charge in [0, 0.05) is 11.1 Å². The number of hydrogen-bond acceptors (Lipinski definition) is 2. The van der Waals surface area contributed by atoms with E-state index in [9.17, 15) is 4.79 Å². The Bertz CT molecular complexity index is 340. The molecular weight excluding hydrogens is 164 g/mol. The van der Waals surface area contributed by atoms with Crippen LogP contribution >= 0.6 is 0 Å². The third-order valence-electron chi connectivity index (χ3n) is 1.86. The quantitative estimate of drug-likeness (QED) is 0.660. The highest BCUT2D eigenvalue weighted by molar-refractivity contribution is 6.19. The van der Waals surface area contributed by atoms with Crippen LogP contribution in [-0.4, -0.2) is 12.9 Å². The molecule has 0 atom stereocenters. The zero-order valence-electron chi connectivity index (χ0n) is 7.83. The van der Waals surface area contributed by atoms with E-state index < -0.39 is 0 Å². The number of carbonyl (C=O) groups is 1. The molecule has 2 nitrogen and oxygen atoms in total. The minimum atomic E-state index is -0.0375. The second kappa shape index (κ2) is 3.90. The molecule has 0 amide bonds. The molecule has 0 unspecified atom stereocenters. The fourth-order valence-corrected chi connectivity index (χ4v) is 1.08. The third-order valence-corrected chi connectivity index (χ3v) is 1.86. The first-order valence-corrected chi connectivity index (χ1v) is 4.00. The summed E-state index contributed by atoms with van der Waals surface area (Å²) in [5, 5.41) is 0. The number of rotatable bonds is 3. The van der Waals surface area contributed by atoms with Gasteiger partial charge in [-0.05, 0) is 13.0 Å². The number of para-hydroxylation sites is 1. The minimum absolute atomic E-state index is 0.0375. The summed E-state index contributed by atoms with van der Waals surface area (Å²) in [7, 11) is 1.58. The maximum Gasteiger partial charge on any atom is 0.159 e. The van der Waals surface area contributed by atoms with Gasteiger partial charge in [-0.1, -0.05) is 24.8 Å². The van der Waals surface area contributed by atoms with Crippen LogP contribution in [0.15, 0.2) is 30.8 Å². The molecule has 68 valence electrons. The van der Waals surface area contributed by atoms with Gasteiger partial charge in [0.25, 0.3) is 0 Å². The summed E-state index contributed by atoms with van der Waals surface area (Å²) in [6.07, 6.45) is 0. The smallest absolute Gasteiger partial charge is 0.159 e. The number of allylic oxidation sites excluding steroid dienone is 1. The fourth-order valence-electron chi connectivity index (χ4n) is 1.08. The van der Waals surface area contributed by atoms with E-state index in [1.54, 1.807) is 7.11 Å². The van der Waals surface area contributed by atoms with Crippen LogP contribution in [0.1, 0.15) is 12.5 Å². The van der Waals surface area contributed by atoms with E-state index in [1.165, 1.54) is 6.92 Å². The van der Waals surface area contributed by atoms with E-state index in [2.05, 4.69) is 6.58 Å². The number of Topliss-reactive ketones (excluding diaryl/α,β-unsaturated/α-hetero) is 1. The minimum Gasteiger partial charge on any atom is -0.496 e. The number of hydrogen-bond donors (Lipinski definition) is 0. The molecule has 0 N–H and O–H groups in total. The topological polar surface area (TPSA) is 26.3 Å². The summed E-state index contributed by atoms with van der Waals surface area (Å²) in [6.45, 7) is 5.20. The Hall–Kier alpha value is -1.57. The zero-order chi connectivity index (χ0) is 9.84. The Balaban J connectivity index is 3.13. The highest BCUT2D eigenvalue weighted by Crippen LogP contribution is 2.24. The van der Waals surface area contributed by atoms with Crippen LogP contribution in [-0.2, 0) is 4.79 Å². The van der Waals surface area contributed by atoms with Crippen LogP contribution in [0.3, 0.4) is 0 Å². The maximum atomic E-state index is 11.1. The number of ketones is 1. The molecule has 13 heavy (non-hydrogen) atoms. The number of carbonyl (C=O) groups excluding carboxylic acids is 1. The van der Waals surface area contributed by atoms with Gasteiger partial charge >= 0.3 is 0 Å². The van der Waals surface area contributed by atoms with Crippen LogP contribution in [0.4, 0.5) is 0 Å². The molecule has 1 aromatic carbocycles. The summed E-state index contributed by atoms with van der Waals surface area (Å²) in [6, 6.07) is 7.34. The van der Waals surface area contributed by atoms with Gasteiger partial charge in [-0.25, -0.2) is 0 Å². The molecule has 1 rings (SSSR count). The Labute approximate surface area is 77.8 Å². The Morgan fingerprint density at radius 3 is 2.54 bits per heavy atom. The number of ether oxygens (including phenoxy) is 1. The SMILES string of the molecule is C=C(C(C)=O)c1ccccc1OC. The van der Waals surface area contributed by atoms with Gasteiger partial charge in [0.2, 0.25) is 0 Å². The molecule has 0 fully saturated rings. The molecule has 0 aliphatic heterocycles. The number of benzene rings is 1. The van der Waals surface area contributed by atoms with E-state index in [1.807, 2.05) is 24.3 Å². The predicted molar refractivity (Wildman–Crippen MR) is 52.7 cm³/mol. The molecule has 0 saturated heterocycles. The van der Waals surface area contributed by atoms with Crippen molar-refractivity contribution >= 4 is 11.4 Å². The third kappa shape index (κ3) is 1.96. The molecule has 1 aromatic rings. The molecule has 0 spiro atoms. The summed E-state index contributed by atoms with van der Waals surface area (Å²) in [4.78, 5) is 11.1. The standard InChI is InChI=1S/C11H12O2/c1-8(9(2)12)10-6-4-5-7-11(10)13-3/h4-7H,1H2,2-3H3. The Kier molecular flexibility index (Phi) is 2.85. The van der Waals surface area contributed by atoms with Crippen molar-refractivity contribution in [2.24, 2.45) is 0 Å². The van der Waals surface area contributed by atoms with E-state index in [0.717, 1.165) is 5.56 Å². The van der Waals surface area contributed by atoms with Crippen LogP contribution in [0, 0.1) is 0 Å². The van der Waals surface area contributed by atoms with Crippen molar-refractivity contribution in [1.82, 2.24) is 0 Å². The fraction of sp³-hybridized carbons (Fsp3) is 0.182. The molecule has 2 heteroatoms. The van der Waals surface area contributed by atoms with E-state index in [0.29, 0.717) is 11.3 Å². The highest BCUT2D eigenvalue weighted by Gasteiger charge is 2.08. The Morgan fingerprint density at radius 2 is 2.00 bits per heavy atom. The van der Waals surface area contributed by atoms with Gasteiger partial charge in [0.15, 0.2) is 5.78 Å². The van der Waals surface area contributed by atoms with Crippen molar-refractivity contribution in [2.75, 3.05) is 7.11 Å². The maximum absolute atomic E-state index is 11.1. The van der Waals surface area contributed by atoms with Crippen molar-refractivity contribution in [1.29, 1.82) is 0 Å². The van der Waals surface area contributed by atoms with Crippen LogP contribution in [0.25, 0.3) is 5.57 Å². The first kappa shape index (κ1) is 9.52. The van der Waals surface area contributed by atoms with Crippen molar-refractivity contribution in [2.45, 2.75) is 6.92 Å². The second-order valence-electron chi connectivity index (χ2n) is 2.74. The van der Waals surface area contributed by atoms with Crippen LogP contribution < -0.4 is 4.74 Å². The lowest BCUT2D eigenvalue weighted by Crippen LogP contribution is -1.97. The average Bonchev–Trinajstić information content (AvgIpc) is 2.16. The summed E-state index contributed by atoms with van der Waals surface area (Å²) < 4.78 is 5.10. The zero-order valence-corrected chi connectivity index (χ0v) is 7.83. The largest absolute Gasteiger partial charge is 0.496 e. The van der Waals surface area contributed by atoms with Crippen LogP contribution in [0.2, 0.25) is 0 Å². The number of methoxy groups -OCH3 is 1. The molecule has 0 aliphatic rings. The van der Waals surface area contributed by atoms with Gasteiger partial charge in [0.1, 0.15) is 5.75 Å². The van der Waals surface area contributed by atoms with Gasteiger partial charge in [-0.3, -0.25) is 4.79 Å². The first-order chi connectivity index (χ1) is 6.16. The van der Waals surface area contributed by atoms with E-state index in [4.69, 9.17) is 4.74 Å². The molecule has 0 aliphatic carbocycles. The molecule has 0 bridgehead atoms. The van der Waals surface area contributed by atoms with E-state index in [-0.39, 0.29) is 5.78 Å². The van der Waals surface area contributed by atoms with Crippen molar-refractivity contribution in [3.05, 3.63) is 36.4 Å². The van der Waals surface area contributed by atoms with Gasteiger partial charge in [-0.15, -0.1) is 0 Å². The second-order valence-corrected chi connectivity index (χ2v) is 2.74. The van der Waals surface area contributed by atoms with Gasteiger partial charge < -0.3 is 4.74 Å². The Morgan fingerprint density at radius 1 is 1.38 bits per heavy atom. The van der Waals surface area contributed by atoms with Crippen molar-refractivity contribution in [3.63, 3.8) is 0 Å². The summed E-state index contributed by atoms with van der Waals surface area (Å²) in [5.41, 5.74) is 1.25. The molecular formula is C11H12O2. The van der Waals surface area contributed by atoms with E-state index >= 15 is 0 Å². The lowest BCUT2D eigenvalue weighted by Gasteiger charge is -2.07. The predicted octanol–water partition coefficient (Wildman–Crippen LogP) is 2.30. The van der Waals surface area contributed by atoms with Crippen LogP contribution in [0.5, 0.6) is 5.75 Å². The van der Waals surface area contributed by atoms with Gasteiger partial charge in [0.05, 0.1) is 7.11 Å². The average molecular weight is 176 g/mol. The first-order valence-electron chi connectivity index (χ1n) is 4.00.